The standard InChI is InChI=1S/C33H45N5O6/c1-7-9-10-13-17-43-31(42)27-26-29(40)38(25(19-39)21(3)4)28(33(26)18-22(5)32(27,6)44-33)30(41)36(16-8-2)20-37-24-15-12-11-14-23(24)34-35-37/h7-8,11-12,14-15,21-22,25-28,39H,1-2,9-10,13,16-20H2,3-6H3/t22?,25-,26-,27+,28?,32-,33?/m0/s1. The van der Waals surface area contributed by atoms with Crippen molar-refractivity contribution in [2.75, 3.05) is 19.8 Å². The lowest BCUT2D eigenvalue weighted by atomic mass is 9.62. The number of rotatable bonds is 14. The van der Waals surface area contributed by atoms with Gasteiger partial charge < -0.3 is 24.4 Å². The number of likely N-dealkylation sites (tertiary alicyclic amines) is 1. The van der Waals surface area contributed by atoms with Crippen molar-refractivity contribution in [3.05, 3.63) is 49.6 Å². The second kappa shape index (κ2) is 12.4. The highest BCUT2D eigenvalue weighted by molar-refractivity contribution is 5.99. The van der Waals surface area contributed by atoms with E-state index in [2.05, 4.69) is 23.5 Å². The van der Waals surface area contributed by atoms with Gasteiger partial charge in [-0.2, -0.15) is 0 Å². The lowest BCUT2D eigenvalue weighted by Crippen LogP contribution is -2.60. The predicted molar refractivity (Wildman–Crippen MR) is 164 cm³/mol. The van der Waals surface area contributed by atoms with E-state index >= 15 is 0 Å². The number of esters is 1. The van der Waals surface area contributed by atoms with Crippen LogP contribution in [0, 0.1) is 23.7 Å². The zero-order valence-electron chi connectivity index (χ0n) is 26.2. The number of nitrogens with zero attached hydrogens (tertiary/aromatic N) is 5. The Morgan fingerprint density at radius 1 is 1.25 bits per heavy atom. The van der Waals surface area contributed by atoms with Gasteiger partial charge in [-0.1, -0.05) is 50.3 Å². The number of hydrogen-bond acceptors (Lipinski definition) is 8. The summed E-state index contributed by atoms with van der Waals surface area (Å²) in [4.78, 5) is 46.2. The second-order valence-electron chi connectivity index (χ2n) is 13.0. The molecular formula is C33H45N5O6. The third-order valence-corrected chi connectivity index (χ3v) is 9.99. The van der Waals surface area contributed by atoms with Crippen LogP contribution in [-0.4, -0.2) is 90.7 Å². The number of amides is 2. The van der Waals surface area contributed by atoms with Crippen LogP contribution in [-0.2, 0) is 30.5 Å². The number of carbonyl (C=O) groups excluding carboxylic acids is 3. The van der Waals surface area contributed by atoms with Crippen LogP contribution in [0.15, 0.2) is 49.6 Å². The predicted octanol–water partition coefficient (Wildman–Crippen LogP) is 3.33. The normalized spacial score (nSPS) is 29.7. The number of benzene rings is 1. The average Bonchev–Trinajstić information content (AvgIpc) is 3.66. The molecule has 1 aromatic heterocycles. The van der Waals surface area contributed by atoms with Gasteiger partial charge in [0.05, 0.1) is 36.3 Å². The number of unbranched alkanes of at least 4 members (excludes halogenated alkanes) is 2. The third-order valence-electron chi connectivity index (χ3n) is 9.99. The molecular weight excluding hydrogens is 562 g/mol. The van der Waals surface area contributed by atoms with Crippen molar-refractivity contribution in [1.29, 1.82) is 0 Å². The van der Waals surface area contributed by atoms with Gasteiger partial charge >= 0.3 is 5.97 Å². The molecule has 7 atom stereocenters. The number of allylic oxidation sites excluding steroid dienone is 1. The summed E-state index contributed by atoms with van der Waals surface area (Å²) in [6.07, 6.45) is 6.22. The molecule has 5 rings (SSSR count). The summed E-state index contributed by atoms with van der Waals surface area (Å²) >= 11 is 0. The Kier molecular flexibility index (Phi) is 9.00. The maximum Gasteiger partial charge on any atom is 0.312 e. The Balaban J connectivity index is 1.54. The molecule has 0 aliphatic carbocycles. The molecule has 0 saturated carbocycles. The smallest absolute Gasteiger partial charge is 0.312 e. The first-order valence-electron chi connectivity index (χ1n) is 15.6. The number of hydrogen-bond donors (Lipinski definition) is 1. The fraction of sp³-hybridized carbons (Fsp3) is 0.606. The van der Waals surface area contributed by atoms with Crippen molar-refractivity contribution in [1.82, 2.24) is 24.8 Å². The van der Waals surface area contributed by atoms with E-state index in [4.69, 9.17) is 9.47 Å². The number of aromatic nitrogens is 3. The number of aliphatic hydroxyl groups is 1. The number of para-hydroxylation sites is 1. The van der Waals surface area contributed by atoms with Gasteiger partial charge in [0, 0.05) is 6.54 Å². The molecule has 44 heavy (non-hydrogen) atoms. The van der Waals surface area contributed by atoms with E-state index in [0.29, 0.717) is 18.4 Å². The molecule has 2 aromatic rings. The highest BCUT2D eigenvalue weighted by Gasteiger charge is 2.80. The highest BCUT2D eigenvalue weighted by atomic mass is 16.6. The Morgan fingerprint density at radius 3 is 2.68 bits per heavy atom. The monoisotopic (exact) mass is 607 g/mol. The van der Waals surface area contributed by atoms with E-state index in [9.17, 15) is 19.5 Å². The first-order valence-corrected chi connectivity index (χ1v) is 15.6. The number of ether oxygens (including phenoxy) is 2. The molecule has 3 aliphatic rings. The van der Waals surface area contributed by atoms with Crippen molar-refractivity contribution in [2.45, 2.75) is 83.3 Å². The van der Waals surface area contributed by atoms with Crippen LogP contribution in [0.3, 0.4) is 0 Å². The van der Waals surface area contributed by atoms with Crippen molar-refractivity contribution in [3.8, 4) is 0 Å². The van der Waals surface area contributed by atoms with Crippen LogP contribution in [0.2, 0.25) is 0 Å². The van der Waals surface area contributed by atoms with Crippen molar-refractivity contribution in [2.24, 2.45) is 23.7 Å². The summed E-state index contributed by atoms with van der Waals surface area (Å²) in [6.45, 7) is 15.4. The fourth-order valence-electron chi connectivity index (χ4n) is 7.67. The third kappa shape index (κ3) is 5.03. The summed E-state index contributed by atoms with van der Waals surface area (Å²) in [5.74, 6) is -3.27. The first-order chi connectivity index (χ1) is 21.0. The minimum Gasteiger partial charge on any atom is -0.465 e. The Hall–Kier alpha value is -3.57. The van der Waals surface area contributed by atoms with Crippen LogP contribution in [0.1, 0.15) is 53.4 Å². The van der Waals surface area contributed by atoms with Crippen LogP contribution in [0.25, 0.3) is 11.0 Å². The minimum atomic E-state index is -1.26. The van der Waals surface area contributed by atoms with Crippen molar-refractivity contribution in [3.63, 3.8) is 0 Å². The molecule has 0 radical (unpaired) electrons. The molecule has 3 unspecified atom stereocenters. The average molecular weight is 608 g/mol. The number of aliphatic hydroxyl groups excluding tert-OH is 1. The van der Waals surface area contributed by atoms with E-state index in [1.165, 1.54) is 4.90 Å². The Bertz CT molecular complexity index is 1420. The Labute approximate surface area is 258 Å². The van der Waals surface area contributed by atoms with E-state index < -0.39 is 41.1 Å². The number of carbonyl (C=O) groups is 3. The van der Waals surface area contributed by atoms with Gasteiger partial charge in [-0.15, -0.1) is 18.3 Å². The summed E-state index contributed by atoms with van der Waals surface area (Å²) in [5, 5.41) is 19.0. The zero-order valence-corrected chi connectivity index (χ0v) is 26.2. The molecule has 1 spiro atoms. The zero-order chi connectivity index (χ0) is 31.8. The van der Waals surface area contributed by atoms with Crippen molar-refractivity contribution >= 4 is 28.8 Å². The maximum absolute atomic E-state index is 14.8. The van der Waals surface area contributed by atoms with Crippen LogP contribution in [0.4, 0.5) is 0 Å². The van der Waals surface area contributed by atoms with Crippen LogP contribution >= 0.6 is 0 Å². The molecule has 2 amide bonds. The summed E-state index contributed by atoms with van der Waals surface area (Å²) in [6, 6.07) is 5.75. The van der Waals surface area contributed by atoms with Gasteiger partial charge in [-0.25, -0.2) is 4.68 Å². The minimum absolute atomic E-state index is 0.0686. The van der Waals surface area contributed by atoms with E-state index in [0.717, 1.165) is 18.4 Å². The van der Waals surface area contributed by atoms with E-state index in [-0.39, 0.29) is 50.1 Å². The summed E-state index contributed by atoms with van der Waals surface area (Å²) < 4.78 is 14.2. The topological polar surface area (TPSA) is 127 Å². The molecule has 3 saturated heterocycles. The van der Waals surface area contributed by atoms with Gasteiger partial charge in [0.15, 0.2) is 0 Å². The highest BCUT2D eigenvalue weighted by Crippen LogP contribution is 2.65. The number of fused-ring (bicyclic) bond motifs is 2. The molecule has 11 nitrogen and oxygen atoms in total. The first kappa shape index (κ1) is 31.8. The van der Waals surface area contributed by atoms with E-state index in [1.807, 2.05) is 58.0 Å². The fourth-order valence-corrected chi connectivity index (χ4v) is 7.67. The Morgan fingerprint density at radius 2 is 2.00 bits per heavy atom. The molecule has 1 N–H and O–H groups in total. The van der Waals surface area contributed by atoms with Gasteiger partial charge in [0.2, 0.25) is 11.8 Å². The van der Waals surface area contributed by atoms with E-state index in [1.54, 1.807) is 15.7 Å². The van der Waals surface area contributed by atoms with Gasteiger partial charge in [0.25, 0.3) is 0 Å². The lowest BCUT2D eigenvalue weighted by Gasteiger charge is -2.40. The maximum atomic E-state index is 14.8. The second-order valence-corrected chi connectivity index (χ2v) is 13.0. The van der Waals surface area contributed by atoms with Gasteiger partial charge in [-0.3, -0.25) is 14.4 Å². The van der Waals surface area contributed by atoms with Crippen molar-refractivity contribution < 1.29 is 29.0 Å². The quantitative estimate of drug-likeness (QED) is 0.197. The molecule has 3 fully saturated rings. The summed E-state index contributed by atoms with van der Waals surface area (Å²) in [7, 11) is 0. The van der Waals surface area contributed by atoms with Gasteiger partial charge in [-0.05, 0) is 56.6 Å². The molecule has 2 bridgehead atoms. The van der Waals surface area contributed by atoms with Gasteiger partial charge in [0.1, 0.15) is 29.7 Å². The molecule has 11 heteroatoms. The van der Waals surface area contributed by atoms with Crippen LogP contribution < -0.4 is 0 Å². The SMILES string of the molecule is C=CCCCCOC(=O)[C@H]1[C@H]2C(=O)N([C@@H](CO)C(C)C)C(C(=O)N(CC=C)Cn3nnc4ccccc43)C23CC(C)[C@]1(C)O3. The molecule has 1 aromatic carbocycles. The lowest BCUT2D eigenvalue weighted by molar-refractivity contribution is -0.164. The summed E-state index contributed by atoms with van der Waals surface area (Å²) in [5.41, 5.74) is -0.794. The molecule has 238 valence electrons. The largest absolute Gasteiger partial charge is 0.465 e. The van der Waals surface area contributed by atoms with Crippen LogP contribution in [0.5, 0.6) is 0 Å². The molecule has 4 heterocycles. The molecule has 3 aliphatic heterocycles.